The van der Waals surface area contributed by atoms with Crippen molar-refractivity contribution < 1.29 is 4.79 Å². The van der Waals surface area contributed by atoms with Gasteiger partial charge in [-0.3, -0.25) is 4.79 Å². The van der Waals surface area contributed by atoms with E-state index in [1.54, 1.807) is 0 Å². The zero-order chi connectivity index (χ0) is 16.9. The van der Waals surface area contributed by atoms with Crippen LogP contribution in [0.25, 0.3) is 0 Å². The Hall–Kier alpha value is -1.35. The predicted molar refractivity (Wildman–Crippen MR) is 96.8 cm³/mol. The molecule has 3 saturated carbocycles. The molecule has 1 aliphatic heterocycles. The predicted octanol–water partition coefficient (Wildman–Crippen LogP) is 3.20. The van der Waals surface area contributed by atoms with Gasteiger partial charge in [0.1, 0.15) is 0 Å². The molecule has 3 aliphatic carbocycles. The van der Waals surface area contributed by atoms with Gasteiger partial charge < -0.3 is 10.2 Å². The minimum Gasteiger partial charge on any atom is -0.352 e. The fraction of sp³-hybridized carbons (Fsp3) is 0.667. The number of amides is 1. The maximum absolute atomic E-state index is 12.7. The van der Waals surface area contributed by atoms with E-state index in [0.717, 1.165) is 19.5 Å². The van der Waals surface area contributed by atoms with Crippen molar-refractivity contribution in [1.82, 2.24) is 10.2 Å². The van der Waals surface area contributed by atoms with Crippen LogP contribution < -0.4 is 5.32 Å². The number of carbonyl (C=O) groups is 1. The number of hydrogen-bond donors (Lipinski definition) is 1. The molecule has 2 atom stereocenters. The van der Waals surface area contributed by atoms with E-state index in [0.29, 0.717) is 22.8 Å². The largest absolute Gasteiger partial charge is 0.352 e. The average Bonchev–Trinajstić information content (AvgIpc) is 2.91. The van der Waals surface area contributed by atoms with E-state index in [-0.39, 0.29) is 11.8 Å². The van der Waals surface area contributed by atoms with Crippen molar-refractivity contribution in [1.29, 1.82) is 0 Å². The molecule has 0 aromatic heterocycles. The summed E-state index contributed by atoms with van der Waals surface area (Å²) in [4.78, 5) is 15.0. The molecule has 4 fully saturated rings. The van der Waals surface area contributed by atoms with Crippen molar-refractivity contribution in [2.75, 3.05) is 20.1 Å². The SMILES string of the molecule is CC(C)C(NC(=O)C1CCN(C)C1)C12CC(c3ccccc3)(C1)C2. The highest BCUT2D eigenvalue weighted by Crippen LogP contribution is 2.75. The highest BCUT2D eigenvalue weighted by molar-refractivity contribution is 5.79. The van der Waals surface area contributed by atoms with Crippen LogP contribution in [-0.2, 0) is 10.2 Å². The summed E-state index contributed by atoms with van der Waals surface area (Å²) < 4.78 is 0. The van der Waals surface area contributed by atoms with Crippen LogP contribution in [0.5, 0.6) is 0 Å². The van der Waals surface area contributed by atoms with E-state index in [4.69, 9.17) is 0 Å². The highest BCUT2D eigenvalue weighted by atomic mass is 16.2. The van der Waals surface area contributed by atoms with Gasteiger partial charge in [0.05, 0.1) is 5.92 Å². The number of benzene rings is 1. The normalized spacial score (nSPS) is 36.1. The van der Waals surface area contributed by atoms with Gasteiger partial charge in [0, 0.05) is 12.6 Å². The van der Waals surface area contributed by atoms with Gasteiger partial charge in [0.2, 0.25) is 5.91 Å². The molecule has 1 aromatic carbocycles. The van der Waals surface area contributed by atoms with Gasteiger partial charge in [-0.1, -0.05) is 44.2 Å². The number of nitrogens with zero attached hydrogens (tertiary/aromatic N) is 1. The van der Waals surface area contributed by atoms with E-state index in [1.807, 2.05) is 0 Å². The van der Waals surface area contributed by atoms with Crippen molar-refractivity contribution >= 4 is 5.91 Å². The van der Waals surface area contributed by atoms with Crippen LogP contribution in [-0.4, -0.2) is 37.0 Å². The van der Waals surface area contributed by atoms with Crippen LogP contribution in [0.1, 0.15) is 45.1 Å². The molecule has 2 bridgehead atoms. The molecule has 130 valence electrons. The van der Waals surface area contributed by atoms with Crippen LogP contribution in [0.4, 0.5) is 0 Å². The van der Waals surface area contributed by atoms with Crippen molar-refractivity contribution in [3.63, 3.8) is 0 Å². The first-order chi connectivity index (χ1) is 11.4. The summed E-state index contributed by atoms with van der Waals surface area (Å²) in [5.41, 5.74) is 2.26. The molecule has 3 heteroatoms. The van der Waals surface area contributed by atoms with Crippen LogP contribution in [0.2, 0.25) is 0 Å². The van der Waals surface area contributed by atoms with E-state index in [1.165, 1.54) is 24.8 Å². The molecule has 24 heavy (non-hydrogen) atoms. The summed E-state index contributed by atoms with van der Waals surface area (Å²) in [6.45, 7) is 6.49. The molecule has 1 N–H and O–H groups in total. The first kappa shape index (κ1) is 16.1. The van der Waals surface area contributed by atoms with Crippen LogP contribution in [0.15, 0.2) is 30.3 Å². The Morgan fingerprint density at radius 2 is 1.88 bits per heavy atom. The highest BCUT2D eigenvalue weighted by Gasteiger charge is 2.71. The van der Waals surface area contributed by atoms with E-state index in [9.17, 15) is 4.79 Å². The van der Waals surface area contributed by atoms with Crippen LogP contribution in [0.3, 0.4) is 0 Å². The maximum Gasteiger partial charge on any atom is 0.224 e. The maximum atomic E-state index is 12.7. The van der Waals surface area contributed by atoms with Gasteiger partial charge in [0.15, 0.2) is 0 Å². The minimum atomic E-state index is 0.187. The van der Waals surface area contributed by atoms with Gasteiger partial charge in [-0.25, -0.2) is 0 Å². The molecule has 1 amide bonds. The van der Waals surface area contributed by atoms with Crippen molar-refractivity contribution in [2.45, 2.75) is 51.0 Å². The second kappa shape index (κ2) is 5.59. The van der Waals surface area contributed by atoms with Crippen LogP contribution >= 0.6 is 0 Å². The van der Waals surface area contributed by atoms with Crippen molar-refractivity contribution in [3.8, 4) is 0 Å². The molecule has 1 saturated heterocycles. The zero-order valence-electron chi connectivity index (χ0n) is 15.2. The lowest BCUT2D eigenvalue weighted by Crippen LogP contribution is -2.73. The Kier molecular flexibility index (Phi) is 3.76. The number of hydrogen-bond acceptors (Lipinski definition) is 2. The van der Waals surface area contributed by atoms with E-state index in [2.05, 4.69) is 61.4 Å². The Labute approximate surface area is 145 Å². The van der Waals surface area contributed by atoms with Crippen molar-refractivity contribution in [3.05, 3.63) is 35.9 Å². The standard InChI is InChI=1S/C21H30N2O/c1-15(2)18(22-19(24)16-9-10-23(3)11-16)21-12-20(13-21,14-21)17-7-5-4-6-8-17/h4-8,15-16,18H,9-14H2,1-3H3,(H,22,24). The molecule has 4 aliphatic rings. The lowest BCUT2D eigenvalue weighted by atomic mass is 9.31. The Bertz CT molecular complexity index is 604. The third-order valence-corrected chi connectivity index (χ3v) is 6.84. The molecular weight excluding hydrogens is 296 g/mol. The molecular formula is C21H30N2O. The smallest absolute Gasteiger partial charge is 0.224 e. The summed E-state index contributed by atoms with van der Waals surface area (Å²) in [6.07, 6.45) is 4.75. The second-order valence-corrected chi connectivity index (χ2v) is 9.02. The Balaban J connectivity index is 1.42. The summed E-state index contributed by atoms with van der Waals surface area (Å²) >= 11 is 0. The minimum absolute atomic E-state index is 0.187. The fourth-order valence-corrected chi connectivity index (χ4v) is 5.74. The molecule has 0 radical (unpaired) electrons. The topological polar surface area (TPSA) is 32.3 Å². The third-order valence-electron chi connectivity index (χ3n) is 6.84. The number of rotatable bonds is 5. The monoisotopic (exact) mass is 326 g/mol. The lowest BCUT2D eigenvalue weighted by molar-refractivity contribution is -0.176. The van der Waals surface area contributed by atoms with E-state index < -0.39 is 0 Å². The Morgan fingerprint density at radius 3 is 2.42 bits per heavy atom. The molecule has 1 heterocycles. The molecule has 3 nitrogen and oxygen atoms in total. The molecule has 2 unspecified atom stereocenters. The Morgan fingerprint density at radius 1 is 1.21 bits per heavy atom. The van der Waals surface area contributed by atoms with Gasteiger partial charge >= 0.3 is 0 Å². The fourth-order valence-electron chi connectivity index (χ4n) is 5.74. The summed E-state index contributed by atoms with van der Waals surface area (Å²) in [5, 5.41) is 3.46. The van der Waals surface area contributed by atoms with Crippen molar-refractivity contribution in [2.24, 2.45) is 17.3 Å². The number of nitrogens with one attached hydrogen (secondary N) is 1. The first-order valence-electron chi connectivity index (χ1n) is 9.49. The van der Waals surface area contributed by atoms with Gasteiger partial charge in [-0.2, -0.15) is 0 Å². The zero-order valence-corrected chi connectivity index (χ0v) is 15.2. The summed E-state index contributed by atoms with van der Waals surface area (Å²) in [6, 6.07) is 11.3. The van der Waals surface area contributed by atoms with Gasteiger partial charge in [-0.15, -0.1) is 0 Å². The van der Waals surface area contributed by atoms with E-state index >= 15 is 0 Å². The summed E-state index contributed by atoms with van der Waals surface area (Å²) in [5.74, 6) is 0.977. The number of carbonyl (C=O) groups excluding carboxylic acids is 1. The van der Waals surface area contributed by atoms with Gasteiger partial charge in [-0.05, 0) is 61.6 Å². The molecule has 1 aromatic rings. The second-order valence-electron chi connectivity index (χ2n) is 9.02. The summed E-state index contributed by atoms with van der Waals surface area (Å²) in [7, 11) is 2.11. The van der Waals surface area contributed by atoms with Gasteiger partial charge in [0.25, 0.3) is 0 Å². The quantitative estimate of drug-likeness (QED) is 0.901. The third kappa shape index (κ3) is 2.40. The number of likely N-dealkylation sites (tertiary alicyclic amines) is 1. The van der Waals surface area contributed by atoms with Crippen LogP contribution in [0, 0.1) is 17.3 Å². The average molecular weight is 326 g/mol. The lowest BCUT2D eigenvalue weighted by Gasteiger charge is -2.74. The molecule has 0 spiro atoms. The molecule has 5 rings (SSSR count). The first-order valence-corrected chi connectivity index (χ1v) is 9.49.